The average molecular weight is 405 g/mol. The molecule has 27 heavy (non-hydrogen) atoms. The van der Waals surface area contributed by atoms with E-state index in [1.54, 1.807) is 43.4 Å². The van der Waals surface area contributed by atoms with Crippen LogP contribution in [0.5, 0.6) is 0 Å². The van der Waals surface area contributed by atoms with Gasteiger partial charge in [0.25, 0.3) is 5.91 Å². The number of nitrogens with zero attached hydrogens (tertiary/aromatic N) is 2. The zero-order valence-electron chi connectivity index (χ0n) is 15.0. The van der Waals surface area contributed by atoms with Gasteiger partial charge in [-0.3, -0.25) is 9.89 Å². The highest BCUT2D eigenvalue weighted by atomic mass is 32.2. The molecule has 0 bridgehead atoms. The molecule has 9 heteroatoms. The molecule has 142 valence electrons. The maximum Gasteiger partial charge on any atom is 0.256 e. The van der Waals surface area contributed by atoms with Gasteiger partial charge in [-0.2, -0.15) is 9.40 Å². The Morgan fingerprint density at radius 1 is 1.19 bits per heavy atom. The molecule has 1 aromatic carbocycles. The summed E-state index contributed by atoms with van der Waals surface area (Å²) >= 11 is 1.56. The molecular weight excluding hydrogens is 384 g/mol. The van der Waals surface area contributed by atoms with Gasteiger partial charge in [-0.1, -0.05) is 26.0 Å². The first-order valence-electron chi connectivity index (χ1n) is 8.46. The molecular formula is C18H20N4O3S2. The van der Waals surface area contributed by atoms with E-state index in [1.807, 2.05) is 17.5 Å². The van der Waals surface area contributed by atoms with Crippen molar-refractivity contribution in [3.63, 3.8) is 0 Å². The molecule has 0 spiro atoms. The number of thiophene rings is 1. The molecule has 3 rings (SSSR count). The van der Waals surface area contributed by atoms with Gasteiger partial charge in [0.05, 0.1) is 15.5 Å². The second-order valence-corrected chi connectivity index (χ2v) is 8.60. The van der Waals surface area contributed by atoms with Gasteiger partial charge in [0, 0.05) is 24.7 Å². The molecule has 0 atom stereocenters. The van der Waals surface area contributed by atoms with Gasteiger partial charge in [-0.15, -0.1) is 11.3 Å². The highest BCUT2D eigenvalue weighted by molar-refractivity contribution is 7.89. The summed E-state index contributed by atoms with van der Waals surface area (Å²) in [6.07, 6.45) is 0. The van der Waals surface area contributed by atoms with Gasteiger partial charge in [-0.05, 0) is 29.6 Å². The van der Waals surface area contributed by atoms with Gasteiger partial charge in [-0.25, -0.2) is 8.42 Å². The largest absolute Gasteiger partial charge is 0.305 e. The lowest BCUT2D eigenvalue weighted by Crippen LogP contribution is -2.30. The number of nitrogens with one attached hydrogen (secondary N) is 2. The number of sulfonamides is 1. The Hall–Kier alpha value is -2.49. The van der Waals surface area contributed by atoms with Crippen LogP contribution in [0.3, 0.4) is 0 Å². The van der Waals surface area contributed by atoms with E-state index in [0.717, 1.165) is 10.6 Å². The van der Waals surface area contributed by atoms with Crippen LogP contribution >= 0.6 is 11.3 Å². The van der Waals surface area contributed by atoms with Crippen LogP contribution in [-0.4, -0.2) is 41.9 Å². The molecule has 2 N–H and O–H groups in total. The van der Waals surface area contributed by atoms with E-state index in [9.17, 15) is 13.2 Å². The maximum absolute atomic E-state index is 12.6. The number of carbonyl (C=O) groups excluding carboxylic acids is 1. The normalized spacial score (nSPS) is 11.7. The summed E-state index contributed by atoms with van der Waals surface area (Å²) in [5.74, 6) is -0.0452. The first-order chi connectivity index (χ1) is 13.0. The van der Waals surface area contributed by atoms with Crippen molar-refractivity contribution in [2.24, 2.45) is 0 Å². The monoisotopic (exact) mass is 404 g/mol. The highest BCUT2D eigenvalue weighted by Crippen LogP contribution is 2.24. The third-order valence-corrected chi connectivity index (χ3v) is 6.99. The molecule has 1 amide bonds. The van der Waals surface area contributed by atoms with Crippen molar-refractivity contribution < 1.29 is 13.2 Å². The maximum atomic E-state index is 12.6. The van der Waals surface area contributed by atoms with Crippen LogP contribution in [0, 0.1) is 0 Å². The number of amides is 1. The number of aromatic nitrogens is 2. The average Bonchev–Trinajstić information content (AvgIpc) is 3.34. The predicted molar refractivity (Wildman–Crippen MR) is 106 cm³/mol. The van der Waals surface area contributed by atoms with Gasteiger partial charge < -0.3 is 5.32 Å². The Labute approximate surface area is 162 Å². The Bertz CT molecular complexity index is 1020. The number of carbonyl (C=O) groups is 1. The van der Waals surface area contributed by atoms with Crippen LogP contribution in [0.4, 0.5) is 5.82 Å². The van der Waals surface area contributed by atoms with Gasteiger partial charge in [0.15, 0.2) is 5.82 Å². The first kappa shape index (κ1) is 19.3. The molecule has 0 radical (unpaired) electrons. The fourth-order valence-corrected chi connectivity index (χ4v) is 4.84. The summed E-state index contributed by atoms with van der Waals surface area (Å²) in [4.78, 5) is 13.6. The summed E-state index contributed by atoms with van der Waals surface area (Å²) in [5.41, 5.74) is 1.06. The first-order valence-corrected chi connectivity index (χ1v) is 10.8. The molecule has 0 fully saturated rings. The molecule has 3 aromatic rings. The van der Waals surface area contributed by atoms with Gasteiger partial charge in [0.2, 0.25) is 10.0 Å². The Balaban J connectivity index is 1.80. The lowest BCUT2D eigenvalue weighted by molar-refractivity contribution is 0.102. The van der Waals surface area contributed by atoms with E-state index in [4.69, 9.17) is 0 Å². The number of anilines is 1. The quantitative estimate of drug-likeness (QED) is 0.631. The summed E-state index contributed by atoms with van der Waals surface area (Å²) in [5, 5.41) is 11.6. The smallest absolute Gasteiger partial charge is 0.256 e. The molecule has 0 aliphatic rings. The number of aromatic amines is 1. The fourth-order valence-electron chi connectivity index (χ4n) is 2.64. The standard InChI is InChI=1S/C18H20N4O3S2/c1-3-22(4-2)27(24,25)14-8-5-7-13(11-14)18(23)19-17-12-15(20-21-17)16-9-6-10-26-16/h5-12H,3-4H2,1-2H3,(H2,19,20,21,23). The van der Waals surface area contributed by atoms with Crippen molar-refractivity contribution in [2.75, 3.05) is 18.4 Å². The molecule has 0 unspecified atom stereocenters. The minimum atomic E-state index is -3.62. The van der Waals surface area contributed by atoms with Crippen molar-refractivity contribution in [1.82, 2.24) is 14.5 Å². The SMILES string of the molecule is CCN(CC)S(=O)(=O)c1cccc(C(=O)Nc2cc(-c3cccs3)[nH]n2)c1. The summed E-state index contributed by atoms with van der Waals surface area (Å²) in [7, 11) is -3.62. The zero-order valence-corrected chi connectivity index (χ0v) is 16.6. The van der Waals surface area contributed by atoms with Crippen molar-refractivity contribution in [1.29, 1.82) is 0 Å². The van der Waals surface area contributed by atoms with Crippen molar-refractivity contribution in [2.45, 2.75) is 18.7 Å². The van der Waals surface area contributed by atoms with Crippen LogP contribution in [0.2, 0.25) is 0 Å². The molecule has 2 heterocycles. The molecule has 0 aliphatic heterocycles. The number of rotatable bonds is 7. The van der Waals surface area contributed by atoms with Gasteiger partial charge >= 0.3 is 0 Å². The van der Waals surface area contributed by atoms with Gasteiger partial charge in [0.1, 0.15) is 0 Å². The van der Waals surface area contributed by atoms with E-state index in [-0.39, 0.29) is 10.5 Å². The molecule has 0 aliphatic carbocycles. The minimum Gasteiger partial charge on any atom is -0.305 e. The highest BCUT2D eigenvalue weighted by Gasteiger charge is 2.22. The Morgan fingerprint density at radius 3 is 2.63 bits per heavy atom. The van der Waals surface area contributed by atoms with Crippen LogP contribution in [0.25, 0.3) is 10.6 Å². The second kappa shape index (κ2) is 8.03. The second-order valence-electron chi connectivity index (χ2n) is 5.72. The van der Waals surface area contributed by atoms with Crippen LogP contribution < -0.4 is 5.32 Å². The van der Waals surface area contributed by atoms with E-state index in [0.29, 0.717) is 18.9 Å². The molecule has 0 saturated heterocycles. The minimum absolute atomic E-state index is 0.0974. The predicted octanol–water partition coefficient (Wildman–Crippen LogP) is 3.42. The van der Waals surface area contributed by atoms with Crippen LogP contribution in [0.1, 0.15) is 24.2 Å². The third-order valence-electron chi connectivity index (χ3n) is 4.05. The molecule has 2 aromatic heterocycles. The Kier molecular flexibility index (Phi) is 5.73. The van der Waals surface area contributed by atoms with E-state index >= 15 is 0 Å². The van der Waals surface area contributed by atoms with E-state index in [1.165, 1.54) is 16.4 Å². The fraction of sp³-hybridized carbons (Fsp3) is 0.222. The molecule has 0 saturated carbocycles. The number of H-pyrrole nitrogens is 1. The van der Waals surface area contributed by atoms with Crippen LogP contribution in [-0.2, 0) is 10.0 Å². The number of hydrogen-bond donors (Lipinski definition) is 2. The van der Waals surface area contributed by atoms with E-state index < -0.39 is 15.9 Å². The lowest BCUT2D eigenvalue weighted by Gasteiger charge is -2.18. The summed E-state index contributed by atoms with van der Waals surface area (Å²) in [6, 6.07) is 11.6. The van der Waals surface area contributed by atoms with Crippen molar-refractivity contribution in [3.05, 3.63) is 53.4 Å². The van der Waals surface area contributed by atoms with Crippen LogP contribution in [0.15, 0.2) is 52.7 Å². The topological polar surface area (TPSA) is 95.2 Å². The van der Waals surface area contributed by atoms with Crippen molar-refractivity contribution >= 4 is 33.1 Å². The lowest BCUT2D eigenvalue weighted by atomic mass is 10.2. The third kappa shape index (κ3) is 4.10. The van der Waals surface area contributed by atoms with E-state index in [2.05, 4.69) is 15.5 Å². The number of hydrogen-bond acceptors (Lipinski definition) is 5. The molecule has 7 nitrogen and oxygen atoms in total. The zero-order chi connectivity index (χ0) is 19.4. The van der Waals surface area contributed by atoms with Crippen molar-refractivity contribution in [3.8, 4) is 10.6 Å². The number of benzene rings is 1. The Morgan fingerprint density at radius 2 is 1.96 bits per heavy atom. The summed E-state index contributed by atoms with van der Waals surface area (Å²) < 4.78 is 26.6. The summed E-state index contributed by atoms with van der Waals surface area (Å²) in [6.45, 7) is 4.29.